The Kier molecular flexibility index (Phi) is 4.32. The van der Waals surface area contributed by atoms with Gasteiger partial charge in [-0.05, 0) is 56.1 Å². The molecule has 0 aliphatic carbocycles. The average molecular weight is 427 g/mol. The van der Waals surface area contributed by atoms with E-state index in [1.807, 2.05) is 48.2 Å². The van der Waals surface area contributed by atoms with Gasteiger partial charge in [-0.1, -0.05) is 0 Å². The van der Waals surface area contributed by atoms with Gasteiger partial charge in [0.1, 0.15) is 0 Å². The molecule has 22 heavy (non-hydrogen) atoms. The van der Waals surface area contributed by atoms with Crippen molar-refractivity contribution in [1.29, 1.82) is 0 Å². The number of rotatable bonds is 2. The summed E-state index contributed by atoms with van der Waals surface area (Å²) in [5, 5.41) is 0. The number of carbonyl (C=O) groups is 1. The second kappa shape index (κ2) is 6.08. The maximum absolute atomic E-state index is 12.7. The van der Waals surface area contributed by atoms with E-state index in [9.17, 15) is 4.79 Å². The van der Waals surface area contributed by atoms with Gasteiger partial charge < -0.3 is 14.8 Å². The van der Waals surface area contributed by atoms with Crippen molar-refractivity contribution in [2.24, 2.45) is 0 Å². The second-order valence-corrected chi connectivity index (χ2v) is 7.21. The maximum atomic E-state index is 12.7. The molecule has 116 valence electrons. The van der Waals surface area contributed by atoms with Crippen LogP contribution in [0.5, 0.6) is 0 Å². The summed E-state index contributed by atoms with van der Waals surface area (Å²) < 4.78 is 1.96. The molecule has 1 amide bonds. The molecule has 0 spiro atoms. The molecule has 3 rings (SSSR count). The summed E-state index contributed by atoms with van der Waals surface area (Å²) in [7, 11) is 3.98. The highest BCUT2D eigenvalue weighted by molar-refractivity contribution is 9.13. The van der Waals surface area contributed by atoms with E-state index in [0.29, 0.717) is 6.54 Å². The number of nitrogens with one attached hydrogen (secondary N) is 1. The number of benzene rings is 1. The predicted octanol–water partition coefficient (Wildman–Crippen LogP) is 3.80. The third kappa shape index (κ3) is 2.82. The topological polar surface area (TPSA) is 39.3 Å². The first-order valence-electron chi connectivity index (χ1n) is 7.08. The van der Waals surface area contributed by atoms with Crippen LogP contribution in [-0.2, 0) is 13.0 Å². The number of halogens is 2. The average Bonchev–Trinajstić information content (AvgIpc) is 2.81. The zero-order valence-corrected chi connectivity index (χ0v) is 15.7. The summed E-state index contributed by atoms with van der Waals surface area (Å²) in [6, 6.07) is 7.75. The minimum absolute atomic E-state index is 0.0835. The lowest BCUT2D eigenvalue weighted by molar-refractivity contribution is 0.0734. The maximum Gasteiger partial charge on any atom is 0.254 e. The molecule has 0 atom stereocenters. The standard InChI is InChI=1S/C16H17Br2N3O/c1-20(2)11-5-3-10(4-6-11)16(22)21-8-7-13-12(9-21)14(17)15(18)19-13/h3-6,19H,7-9H2,1-2H3. The van der Waals surface area contributed by atoms with Crippen LogP contribution >= 0.6 is 31.9 Å². The quantitative estimate of drug-likeness (QED) is 0.793. The lowest BCUT2D eigenvalue weighted by Crippen LogP contribution is -2.35. The predicted molar refractivity (Wildman–Crippen MR) is 95.4 cm³/mol. The molecule has 4 nitrogen and oxygen atoms in total. The van der Waals surface area contributed by atoms with Gasteiger partial charge >= 0.3 is 0 Å². The van der Waals surface area contributed by atoms with Crippen molar-refractivity contribution in [2.75, 3.05) is 25.5 Å². The van der Waals surface area contributed by atoms with Crippen molar-refractivity contribution in [3.8, 4) is 0 Å². The number of H-pyrrole nitrogens is 1. The molecule has 0 fully saturated rings. The van der Waals surface area contributed by atoms with Crippen molar-refractivity contribution < 1.29 is 4.79 Å². The Morgan fingerprint density at radius 3 is 2.55 bits per heavy atom. The summed E-state index contributed by atoms with van der Waals surface area (Å²) in [6.07, 6.45) is 0.848. The molecule has 0 radical (unpaired) electrons. The summed E-state index contributed by atoms with van der Waals surface area (Å²) in [5.41, 5.74) is 4.19. The fourth-order valence-electron chi connectivity index (χ4n) is 2.68. The number of anilines is 1. The molecule has 1 aliphatic rings. The highest BCUT2D eigenvalue weighted by atomic mass is 79.9. The van der Waals surface area contributed by atoms with Gasteiger partial charge in [-0.2, -0.15) is 0 Å². The molecule has 0 bridgehead atoms. The molecule has 6 heteroatoms. The monoisotopic (exact) mass is 425 g/mol. The van der Waals surface area contributed by atoms with Crippen molar-refractivity contribution >= 4 is 43.5 Å². The number of fused-ring (bicyclic) bond motifs is 1. The van der Waals surface area contributed by atoms with Gasteiger partial charge in [0.2, 0.25) is 0 Å². The Balaban J connectivity index is 1.80. The van der Waals surface area contributed by atoms with Crippen molar-refractivity contribution in [2.45, 2.75) is 13.0 Å². The normalized spacial score (nSPS) is 13.9. The fraction of sp³-hybridized carbons (Fsp3) is 0.312. The molecule has 0 saturated carbocycles. The van der Waals surface area contributed by atoms with E-state index in [2.05, 4.69) is 36.8 Å². The Morgan fingerprint density at radius 1 is 1.23 bits per heavy atom. The van der Waals surface area contributed by atoms with Crippen LogP contribution in [0.25, 0.3) is 0 Å². The molecule has 2 heterocycles. The lowest BCUT2D eigenvalue weighted by Gasteiger charge is -2.27. The Hall–Kier alpha value is -1.27. The van der Waals surface area contributed by atoms with Crippen molar-refractivity contribution in [3.05, 3.63) is 50.2 Å². The fourth-order valence-corrected chi connectivity index (χ4v) is 3.62. The highest BCUT2D eigenvalue weighted by Crippen LogP contribution is 2.33. The lowest BCUT2D eigenvalue weighted by atomic mass is 10.1. The molecule has 0 saturated heterocycles. The van der Waals surface area contributed by atoms with Gasteiger partial charge in [0.25, 0.3) is 5.91 Å². The van der Waals surface area contributed by atoms with Gasteiger partial charge in [-0.3, -0.25) is 4.79 Å². The molecular weight excluding hydrogens is 410 g/mol. The second-order valence-electron chi connectivity index (χ2n) is 5.63. The van der Waals surface area contributed by atoms with Crippen molar-refractivity contribution in [1.82, 2.24) is 9.88 Å². The first kappa shape index (κ1) is 15.6. The van der Waals surface area contributed by atoms with Crippen molar-refractivity contribution in [3.63, 3.8) is 0 Å². The third-order valence-electron chi connectivity index (χ3n) is 3.98. The van der Waals surface area contributed by atoms with E-state index in [-0.39, 0.29) is 5.91 Å². The van der Waals surface area contributed by atoms with Gasteiger partial charge in [-0.25, -0.2) is 0 Å². The molecular formula is C16H17Br2N3O. The summed E-state index contributed by atoms with van der Waals surface area (Å²) in [6.45, 7) is 1.37. The number of hydrogen-bond acceptors (Lipinski definition) is 2. The smallest absolute Gasteiger partial charge is 0.254 e. The van der Waals surface area contributed by atoms with E-state index in [0.717, 1.165) is 38.9 Å². The Bertz CT molecular complexity index is 707. The van der Waals surface area contributed by atoms with Gasteiger partial charge in [0, 0.05) is 56.1 Å². The van der Waals surface area contributed by atoms with Crippen LogP contribution in [0.3, 0.4) is 0 Å². The molecule has 2 aromatic rings. The molecule has 0 unspecified atom stereocenters. The van der Waals surface area contributed by atoms with E-state index in [1.54, 1.807) is 0 Å². The summed E-state index contributed by atoms with van der Waals surface area (Å²) in [5.74, 6) is 0.0835. The van der Waals surface area contributed by atoms with Crippen LogP contribution in [0.15, 0.2) is 33.3 Å². The van der Waals surface area contributed by atoms with Crippen LogP contribution in [0.4, 0.5) is 5.69 Å². The van der Waals surface area contributed by atoms with E-state index in [1.165, 1.54) is 5.69 Å². The van der Waals surface area contributed by atoms with Crippen LogP contribution in [0.2, 0.25) is 0 Å². The highest BCUT2D eigenvalue weighted by Gasteiger charge is 2.25. The molecule has 1 aromatic carbocycles. The summed E-state index contributed by atoms with van der Waals surface area (Å²) in [4.78, 5) is 19.9. The van der Waals surface area contributed by atoms with E-state index >= 15 is 0 Å². The number of hydrogen-bond donors (Lipinski definition) is 1. The van der Waals surface area contributed by atoms with Crippen LogP contribution in [0, 0.1) is 0 Å². The molecule has 1 aromatic heterocycles. The first-order valence-corrected chi connectivity index (χ1v) is 8.67. The van der Waals surface area contributed by atoms with E-state index in [4.69, 9.17) is 0 Å². The number of amides is 1. The third-order valence-corrected chi connectivity index (χ3v) is 5.98. The zero-order valence-electron chi connectivity index (χ0n) is 12.5. The minimum atomic E-state index is 0.0835. The van der Waals surface area contributed by atoms with E-state index < -0.39 is 0 Å². The van der Waals surface area contributed by atoms with Gasteiger partial charge in [0.15, 0.2) is 0 Å². The van der Waals surface area contributed by atoms with Crippen LogP contribution in [0.1, 0.15) is 21.6 Å². The number of carbonyl (C=O) groups excluding carboxylic acids is 1. The minimum Gasteiger partial charge on any atom is -0.378 e. The first-order chi connectivity index (χ1) is 10.5. The van der Waals surface area contributed by atoms with Gasteiger partial charge in [0.05, 0.1) is 9.08 Å². The summed E-state index contributed by atoms with van der Waals surface area (Å²) >= 11 is 7.06. The Labute approximate surface area is 146 Å². The molecule has 1 aliphatic heterocycles. The largest absolute Gasteiger partial charge is 0.378 e. The number of aromatic amines is 1. The van der Waals surface area contributed by atoms with Crippen LogP contribution in [-0.4, -0.2) is 36.4 Å². The Morgan fingerprint density at radius 2 is 1.91 bits per heavy atom. The SMILES string of the molecule is CN(C)c1ccc(C(=O)N2CCc3[nH]c(Br)c(Br)c3C2)cc1. The number of nitrogens with zero attached hydrogens (tertiary/aromatic N) is 2. The molecule has 1 N–H and O–H groups in total. The van der Waals surface area contributed by atoms with Gasteiger partial charge in [-0.15, -0.1) is 0 Å². The van der Waals surface area contributed by atoms with Crippen LogP contribution < -0.4 is 4.90 Å². The zero-order chi connectivity index (χ0) is 15.9. The number of aromatic nitrogens is 1.